The van der Waals surface area contributed by atoms with Gasteiger partial charge in [0.05, 0.1) is 0 Å². The lowest BCUT2D eigenvalue weighted by Gasteiger charge is -1.95. The number of hydroxylamine groups is 1. The van der Waals surface area contributed by atoms with Crippen LogP contribution < -0.4 is 5.73 Å². The van der Waals surface area contributed by atoms with Crippen LogP contribution in [0.25, 0.3) is 0 Å². The van der Waals surface area contributed by atoms with Gasteiger partial charge in [0.2, 0.25) is 5.28 Å². The van der Waals surface area contributed by atoms with Crippen molar-refractivity contribution in [1.29, 1.82) is 0 Å². The SMILES string of the molecule is CON=[N+]([O-])Cn1nnc(N)n1. The fourth-order valence-electron chi connectivity index (χ4n) is 0.541. The van der Waals surface area contributed by atoms with Crippen LogP contribution >= 0.6 is 0 Å². The molecule has 9 heteroatoms. The summed E-state index contributed by atoms with van der Waals surface area (Å²) in [5, 5.41) is 24.0. The number of anilines is 1. The molecule has 0 saturated heterocycles. The number of nitrogens with zero attached hydrogens (tertiary/aromatic N) is 6. The van der Waals surface area contributed by atoms with E-state index < -0.39 is 0 Å². The Balaban J connectivity index is 2.58. The first-order valence-corrected chi connectivity index (χ1v) is 2.94. The molecular weight excluding hydrogens is 166 g/mol. The highest BCUT2D eigenvalue weighted by Gasteiger charge is 2.02. The molecule has 0 aromatic carbocycles. The van der Waals surface area contributed by atoms with E-state index in [2.05, 4.69) is 25.5 Å². The van der Waals surface area contributed by atoms with Gasteiger partial charge in [-0.2, -0.15) is 0 Å². The highest BCUT2D eigenvalue weighted by molar-refractivity contribution is 5.06. The van der Waals surface area contributed by atoms with Crippen LogP contribution in [0, 0.1) is 5.21 Å². The molecular formula is C3H7N7O2. The van der Waals surface area contributed by atoms with Crippen molar-refractivity contribution in [3.8, 4) is 0 Å². The largest absolute Gasteiger partial charge is 0.596 e. The summed E-state index contributed by atoms with van der Waals surface area (Å²) >= 11 is 0. The van der Waals surface area contributed by atoms with Gasteiger partial charge in [0.25, 0.3) is 12.6 Å². The maximum atomic E-state index is 10.7. The zero-order chi connectivity index (χ0) is 8.97. The molecule has 0 atom stereocenters. The minimum atomic E-state index is -0.210. The van der Waals surface area contributed by atoms with E-state index in [9.17, 15) is 5.21 Å². The molecule has 1 aromatic heterocycles. The summed E-state index contributed by atoms with van der Waals surface area (Å²) in [5.41, 5.74) is 5.14. The molecule has 0 radical (unpaired) electrons. The lowest BCUT2D eigenvalue weighted by molar-refractivity contribution is -0.589. The normalized spacial score (nSPS) is 11.6. The molecule has 0 amide bonds. The minimum Gasteiger partial charge on any atom is -0.596 e. The molecule has 1 heterocycles. The maximum Gasteiger partial charge on any atom is 0.295 e. The number of nitrogens with two attached hydrogens (primary N) is 1. The van der Waals surface area contributed by atoms with Crippen LogP contribution in [0.15, 0.2) is 5.28 Å². The number of hydrogen-bond acceptors (Lipinski definition) is 7. The van der Waals surface area contributed by atoms with E-state index in [0.717, 1.165) is 4.80 Å². The number of rotatable bonds is 3. The van der Waals surface area contributed by atoms with Crippen molar-refractivity contribution < 1.29 is 9.70 Å². The molecule has 1 aromatic rings. The molecule has 66 valence electrons. The Morgan fingerprint density at radius 2 is 2.58 bits per heavy atom. The van der Waals surface area contributed by atoms with Crippen LogP contribution in [0.5, 0.6) is 0 Å². The van der Waals surface area contributed by atoms with E-state index in [1.54, 1.807) is 0 Å². The molecule has 12 heavy (non-hydrogen) atoms. The molecule has 0 aliphatic rings. The number of nitrogen functional groups attached to an aromatic ring is 1. The molecule has 1 rings (SSSR count). The Bertz CT molecular complexity index is 280. The average Bonchev–Trinajstić information content (AvgIpc) is 2.36. The summed E-state index contributed by atoms with van der Waals surface area (Å²) in [4.78, 5) is 5.44. The van der Waals surface area contributed by atoms with Crippen LogP contribution in [0.3, 0.4) is 0 Å². The van der Waals surface area contributed by atoms with Crippen molar-refractivity contribution >= 4 is 5.95 Å². The smallest absolute Gasteiger partial charge is 0.295 e. The van der Waals surface area contributed by atoms with Crippen LogP contribution in [0.2, 0.25) is 0 Å². The third kappa shape index (κ3) is 2.04. The van der Waals surface area contributed by atoms with E-state index in [0.29, 0.717) is 0 Å². The molecule has 9 nitrogen and oxygen atoms in total. The highest BCUT2D eigenvalue weighted by atomic mass is 16.7. The minimum absolute atomic E-state index is 0.000756. The van der Waals surface area contributed by atoms with Gasteiger partial charge in [-0.15, -0.1) is 5.10 Å². The zero-order valence-corrected chi connectivity index (χ0v) is 6.28. The summed E-state index contributed by atoms with van der Waals surface area (Å²) in [6.45, 7) is -0.210. The van der Waals surface area contributed by atoms with Gasteiger partial charge in [-0.05, 0) is 10.1 Å². The topological polar surface area (TPSA) is 117 Å². The van der Waals surface area contributed by atoms with Crippen LogP contribution in [0.1, 0.15) is 0 Å². The monoisotopic (exact) mass is 173 g/mol. The van der Waals surface area contributed by atoms with Crippen molar-refractivity contribution in [1.82, 2.24) is 20.2 Å². The molecule has 0 fully saturated rings. The Hall–Kier alpha value is -1.93. The second-order valence-corrected chi connectivity index (χ2v) is 1.78. The van der Waals surface area contributed by atoms with E-state index >= 15 is 0 Å². The van der Waals surface area contributed by atoms with Gasteiger partial charge < -0.3 is 15.8 Å². The quantitative estimate of drug-likeness (QED) is 0.346. The molecule has 2 N–H and O–H groups in total. The Labute approximate surface area is 67.0 Å². The zero-order valence-electron chi connectivity index (χ0n) is 6.28. The molecule has 0 saturated carbocycles. The standard InChI is InChI=1S/C3H7N7O2/c1-12-8-10(11)2-9-6-3(4)5-7-9/h2H2,1H3,(H2,4,6). The summed E-state index contributed by atoms with van der Waals surface area (Å²) in [6, 6.07) is 0. The van der Waals surface area contributed by atoms with Crippen molar-refractivity contribution in [2.75, 3.05) is 12.8 Å². The van der Waals surface area contributed by atoms with E-state index in [1.165, 1.54) is 7.11 Å². The molecule has 0 aliphatic heterocycles. The summed E-state index contributed by atoms with van der Waals surface area (Å²) in [7, 11) is 1.26. The molecule has 0 aliphatic carbocycles. The van der Waals surface area contributed by atoms with Crippen molar-refractivity contribution in [3.63, 3.8) is 0 Å². The maximum absolute atomic E-state index is 10.7. The summed E-state index contributed by atoms with van der Waals surface area (Å²) < 4.78 is 0. The second kappa shape index (κ2) is 3.46. The van der Waals surface area contributed by atoms with Crippen LogP contribution in [0.4, 0.5) is 5.95 Å². The van der Waals surface area contributed by atoms with Crippen molar-refractivity contribution in [3.05, 3.63) is 5.21 Å². The number of aromatic nitrogens is 4. The first-order valence-electron chi connectivity index (χ1n) is 2.94. The lowest BCUT2D eigenvalue weighted by atomic mass is 11.1. The van der Waals surface area contributed by atoms with E-state index in [1.807, 2.05) is 0 Å². The van der Waals surface area contributed by atoms with Gasteiger partial charge in [0, 0.05) is 0 Å². The predicted octanol–water partition coefficient (Wildman–Crippen LogP) is -1.26. The highest BCUT2D eigenvalue weighted by Crippen LogP contribution is 1.86. The molecule has 0 bridgehead atoms. The van der Waals surface area contributed by atoms with Crippen LogP contribution in [-0.4, -0.2) is 32.2 Å². The average molecular weight is 173 g/mol. The Morgan fingerprint density at radius 1 is 1.83 bits per heavy atom. The number of tetrazole rings is 1. The predicted molar refractivity (Wildman–Crippen MR) is 35.3 cm³/mol. The summed E-state index contributed by atoms with van der Waals surface area (Å²) in [6.07, 6.45) is 0. The first-order chi connectivity index (χ1) is 5.72. The van der Waals surface area contributed by atoms with Crippen molar-refractivity contribution in [2.45, 2.75) is 6.67 Å². The van der Waals surface area contributed by atoms with Crippen LogP contribution in [-0.2, 0) is 11.5 Å². The fourth-order valence-corrected chi connectivity index (χ4v) is 0.541. The van der Waals surface area contributed by atoms with Gasteiger partial charge in [-0.3, -0.25) is 0 Å². The van der Waals surface area contributed by atoms with E-state index in [4.69, 9.17) is 5.73 Å². The molecule has 0 spiro atoms. The number of hydrogen-bond donors (Lipinski definition) is 1. The van der Waals surface area contributed by atoms with Gasteiger partial charge >= 0.3 is 0 Å². The Morgan fingerprint density at radius 3 is 3.08 bits per heavy atom. The third-order valence-corrected chi connectivity index (χ3v) is 0.889. The second-order valence-electron chi connectivity index (χ2n) is 1.78. The summed E-state index contributed by atoms with van der Waals surface area (Å²) in [5.74, 6) is 0.000756. The van der Waals surface area contributed by atoms with Gasteiger partial charge in [-0.1, -0.05) is 9.90 Å². The van der Waals surface area contributed by atoms with E-state index in [-0.39, 0.29) is 17.5 Å². The fraction of sp³-hybridized carbons (Fsp3) is 0.667. The molecule has 0 unspecified atom stereocenters. The Kier molecular flexibility index (Phi) is 2.35. The first kappa shape index (κ1) is 8.17. The van der Waals surface area contributed by atoms with Crippen molar-refractivity contribution in [2.24, 2.45) is 5.28 Å². The van der Waals surface area contributed by atoms with Gasteiger partial charge in [0.15, 0.2) is 0 Å². The third-order valence-electron chi connectivity index (χ3n) is 0.889. The van der Waals surface area contributed by atoms with Gasteiger partial charge in [0.1, 0.15) is 7.11 Å². The lowest BCUT2D eigenvalue weighted by Crippen LogP contribution is -2.12. The van der Waals surface area contributed by atoms with Gasteiger partial charge in [-0.25, -0.2) is 0 Å².